The van der Waals surface area contributed by atoms with Crippen molar-refractivity contribution < 1.29 is 4.74 Å². The van der Waals surface area contributed by atoms with Crippen LogP contribution in [0, 0.1) is 12.8 Å². The van der Waals surface area contributed by atoms with Gasteiger partial charge in [-0.1, -0.05) is 38.0 Å². The van der Waals surface area contributed by atoms with Gasteiger partial charge in [-0.15, -0.1) is 0 Å². The lowest BCUT2D eigenvalue weighted by molar-refractivity contribution is 0.395. The van der Waals surface area contributed by atoms with Gasteiger partial charge in [0.25, 0.3) is 0 Å². The van der Waals surface area contributed by atoms with E-state index in [0.717, 1.165) is 17.7 Å². The van der Waals surface area contributed by atoms with Gasteiger partial charge in [-0.05, 0) is 25.3 Å². The minimum absolute atomic E-state index is 0.0739. The van der Waals surface area contributed by atoms with Gasteiger partial charge in [0.1, 0.15) is 5.75 Å². The van der Waals surface area contributed by atoms with Crippen LogP contribution < -0.4 is 10.5 Å². The maximum Gasteiger partial charge on any atom is 0.123 e. The van der Waals surface area contributed by atoms with Gasteiger partial charge in [-0.25, -0.2) is 0 Å². The molecule has 0 saturated heterocycles. The average molecular weight is 221 g/mol. The number of hydrogen-bond donors (Lipinski definition) is 1. The second-order valence-corrected chi connectivity index (χ2v) is 4.60. The molecule has 2 N–H and O–H groups in total. The number of rotatable bonds is 5. The third kappa shape index (κ3) is 3.24. The Kier molecular flexibility index (Phi) is 4.81. The molecule has 0 bridgehead atoms. The zero-order valence-corrected chi connectivity index (χ0v) is 10.8. The first-order chi connectivity index (χ1) is 7.58. The van der Waals surface area contributed by atoms with Crippen molar-refractivity contribution >= 4 is 0 Å². The summed E-state index contributed by atoms with van der Waals surface area (Å²) in [5.41, 5.74) is 8.60. The normalized spacial score (nSPS) is 14.6. The highest BCUT2D eigenvalue weighted by molar-refractivity contribution is 5.38. The topological polar surface area (TPSA) is 35.2 Å². The predicted octanol–water partition coefficient (Wildman–Crippen LogP) is 3.44. The fourth-order valence-electron chi connectivity index (χ4n) is 1.87. The van der Waals surface area contributed by atoms with E-state index in [4.69, 9.17) is 10.5 Å². The zero-order chi connectivity index (χ0) is 12.1. The Bertz CT molecular complexity index is 336. The zero-order valence-electron chi connectivity index (χ0n) is 10.8. The summed E-state index contributed by atoms with van der Waals surface area (Å²) in [7, 11) is 1.70. The fourth-order valence-corrected chi connectivity index (χ4v) is 1.87. The van der Waals surface area contributed by atoms with Crippen molar-refractivity contribution in [1.29, 1.82) is 0 Å². The highest BCUT2D eigenvalue weighted by atomic mass is 16.5. The van der Waals surface area contributed by atoms with Gasteiger partial charge in [-0.3, -0.25) is 0 Å². The smallest absolute Gasteiger partial charge is 0.123 e. The van der Waals surface area contributed by atoms with Gasteiger partial charge >= 0.3 is 0 Å². The molecule has 0 aromatic heterocycles. The van der Waals surface area contributed by atoms with Crippen molar-refractivity contribution in [2.24, 2.45) is 11.7 Å². The van der Waals surface area contributed by atoms with Crippen LogP contribution in [0.3, 0.4) is 0 Å². The van der Waals surface area contributed by atoms with Crippen LogP contribution in [0.5, 0.6) is 5.75 Å². The van der Waals surface area contributed by atoms with E-state index in [9.17, 15) is 0 Å². The lowest BCUT2D eigenvalue weighted by atomic mass is 9.93. The van der Waals surface area contributed by atoms with Crippen LogP contribution in [0.2, 0.25) is 0 Å². The van der Waals surface area contributed by atoms with Crippen LogP contribution in [0.25, 0.3) is 0 Å². The monoisotopic (exact) mass is 221 g/mol. The summed E-state index contributed by atoms with van der Waals surface area (Å²) in [4.78, 5) is 0. The molecule has 1 aromatic rings. The standard InChI is InChI=1S/C14H23NO/c1-5-10(2)9-13(15)12-8-11(3)6-7-14(12)16-4/h6-8,10,13H,5,9,15H2,1-4H3. The lowest BCUT2D eigenvalue weighted by Gasteiger charge is -2.19. The average Bonchev–Trinajstić information content (AvgIpc) is 2.28. The second-order valence-electron chi connectivity index (χ2n) is 4.60. The van der Waals surface area contributed by atoms with Gasteiger partial charge in [-0.2, -0.15) is 0 Å². The minimum atomic E-state index is 0.0739. The second kappa shape index (κ2) is 5.90. The van der Waals surface area contributed by atoms with E-state index in [1.54, 1.807) is 7.11 Å². The van der Waals surface area contributed by atoms with E-state index in [1.807, 2.05) is 6.07 Å². The molecule has 0 aliphatic heterocycles. The van der Waals surface area contributed by atoms with E-state index >= 15 is 0 Å². The number of benzene rings is 1. The lowest BCUT2D eigenvalue weighted by Crippen LogP contribution is -2.15. The van der Waals surface area contributed by atoms with Crippen LogP contribution in [0.1, 0.15) is 43.9 Å². The third-order valence-corrected chi connectivity index (χ3v) is 3.14. The molecule has 1 rings (SSSR count). The van der Waals surface area contributed by atoms with Crippen LogP contribution >= 0.6 is 0 Å². The molecular weight excluding hydrogens is 198 g/mol. The van der Waals surface area contributed by atoms with Crippen molar-refractivity contribution in [1.82, 2.24) is 0 Å². The number of methoxy groups -OCH3 is 1. The van der Waals surface area contributed by atoms with E-state index < -0.39 is 0 Å². The van der Waals surface area contributed by atoms with Gasteiger partial charge < -0.3 is 10.5 Å². The van der Waals surface area contributed by atoms with Crippen molar-refractivity contribution in [3.05, 3.63) is 29.3 Å². The molecule has 2 atom stereocenters. The molecule has 90 valence electrons. The quantitative estimate of drug-likeness (QED) is 0.826. The van der Waals surface area contributed by atoms with Gasteiger partial charge in [0, 0.05) is 11.6 Å². The first-order valence-corrected chi connectivity index (χ1v) is 5.98. The number of aryl methyl sites for hydroxylation is 1. The SMILES string of the molecule is CCC(C)CC(N)c1cc(C)ccc1OC. The third-order valence-electron chi connectivity index (χ3n) is 3.14. The largest absolute Gasteiger partial charge is 0.496 e. The Balaban J connectivity index is 2.88. The van der Waals surface area contributed by atoms with E-state index in [1.165, 1.54) is 12.0 Å². The van der Waals surface area contributed by atoms with Crippen molar-refractivity contribution in [3.8, 4) is 5.75 Å². The van der Waals surface area contributed by atoms with Crippen molar-refractivity contribution in [2.45, 2.75) is 39.7 Å². The molecule has 0 fully saturated rings. The van der Waals surface area contributed by atoms with E-state index in [2.05, 4.69) is 32.9 Å². The van der Waals surface area contributed by atoms with E-state index in [0.29, 0.717) is 5.92 Å². The van der Waals surface area contributed by atoms with Gasteiger partial charge in [0.15, 0.2) is 0 Å². The molecule has 0 aliphatic rings. The van der Waals surface area contributed by atoms with Crippen molar-refractivity contribution in [3.63, 3.8) is 0 Å². The highest BCUT2D eigenvalue weighted by Gasteiger charge is 2.14. The molecule has 0 heterocycles. The maximum atomic E-state index is 6.24. The summed E-state index contributed by atoms with van der Waals surface area (Å²) >= 11 is 0. The summed E-state index contributed by atoms with van der Waals surface area (Å²) in [6.45, 7) is 6.52. The Morgan fingerprint density at radius 1 is 1.38 bits per heavy atom. The Morgan fingerprint density at radius 2 is 2.06 bits per heavy atom. The van der Waals surface area contributed by atoms with Crippen LogP contribution in [0.4, 0.5) is 0 Å². The molecule has 0 aliphatic carbocycles. The summed E-state index contributed by atoms with van der Waals surface area (Å²) in [6.07, 6.45) is 2.18. The van der Waals surface area contributed by atoms with Gasteiger partial charge in [0.05, 0.1) is 7.11 Å². The molecule has 0 radical (unpaired) electrons. The first kappa shape index (κ1) is 13.0. The summed E-state index contributed by atoms with van der Waals surface area (Å²) in [6, 6.07) is 6.26. The number of ether oxygens (including phenoxy) is 1. The van der Waals surface area contributed by atoms with Crippen LogP contribution in [0.15, 0.2) is 18.2 Å². The molecule has 1 aromatic carbocycles. The Labute approximate surface area is 98.8 Å². The first-order valence-electron chi connectivity index (χ1n) is 5.98. The Morgan fingerprint density at radius 3 is 2.62 bits per heavy atom. The number of hydrogen-bond acceptors (Lipinski definition) is 2. The molecule has 0 spiro atoms. The van der Waals surface area contributed by atoms with Crippen molar-refractivity contribution in [2.75, 3.05) is 7.11 Å². The van der Waals surface area contributed by atoms with E-state index in [-0.39, 0.29) is 6.04 Å². The molecule has 16 heavy (non-hydrogen) atoms. The summed E-state index contributed by atoms with van der Waals surface area (Å²) in [5.74, 6) is 1.56. The summed E-state index contributed by atoms with van der Waals surface area (Å²) in [5, 5.41) is 0. The fraction of sp³-hybridized carbons (Fsp3) is 0.571. The number of nitrogens with two attached hydrogens (primary N) is 1. The Hall–Kier alpha value is -1.02. The van der Waals surface area contributed by atoms with Crippen LogP contribution in [-0.4, -0.2) is 7.11 Å². The highest BCUT2D eigenvalue weighted by Crippen LogP contribution is 2.29. The molecular formula is C14H23NO. The minimum Gasteiger partial charge on any atom is -0.496 e. The predicted molar refractivity (Wildman–Crippen MR) is 68.7 cm³/mol. The molecule has 0 saturated carbocycles. The van der Waals surface area contributed by atoms with Gasteiger partial charge in [0.2, 0.25) is 0 Å². The van der Waals surface area contributed by atoms with Crippen LogP contribution in [-0.2, 0) is 0 Å². The maximum absolute atomic E-state index is 6.24. The molecule has 2 nitrogen and oxygen atoms in total. The molecule has 0 amide bonds. The molecule has 2 unspecified atom stereocenters. The molecule has 2 heteroatoms. The summed E-state index contributed by atoms with van der Waals surface area (Å²) < 4.78 is 5.36.